The predicted octanol–water partition coefficient (Wildman–Crippen LogP) is 2.71. The van der Waals surface area contributed by atoms with Gasteiger partial charge in [0.15, 0.2) is 0 Å². The van der Waals surface area contributed by atoms with E-state index in [1.54, 1.807) is 22.6 Å². The molecule has 0 aliphatic carbocycles. The normalized spacial score (nSPS) is 11.5. The van der Waals surface area contributed by atoms with Crippen LogP contribution in [0.1, 0.15) is 5.56 Å². The van der Waals surface area contributed by atoms with Crippen molar-refractivity contribution in [1.29, 1.82) is 0 Å². The predicted molar refractivity (Wildman–Crippen MR) is 48.5 cm³/mol. The summed E-state index contributed by atoms with van der Waals surface area (Å²) in [6, 6.07) is 0.877. The maximum absolute atomic E-state index is 12.3. The number of hydrogen-bond donors (Lipinski definition) is 0. The number of rotatable bonds is 1. The van der Waals surface area contributed by atoms with Gasteiger partial charge in [0, 0.05) is 15.8 Å². The van der Waals surface area contributed by atoms with E-state index in [9.17, 15) is 13.2 Å². The quantitative estimate of drug-likeness (QED) is 0.744. The third kappa shape index (κ3) is 2.45. The molecule has 0 bridgehead atoms. The van der Waals surface area contributed by atoms with Gasteiger partial charge in [0.05, 0.1) is 12.7 Å². The third-order valence-electron chi connectivity index (χ3n) is 1.34. The second-order valence-electron chi connectivity index (χ2n) is 2.20. The molecule has 0 N–H and O–H groups in total. The zero-order valence-corrected chi connectivity index (χ0v) is 8.68. The van der Waals surface area contributed by atoms with Gasteiger partial charge in [0.25, 0.3) is 0 Å². The molecule has 1 aromatic rings. The lowest BCUT2D eigenvalue weighted by Crippen LogP contribution is -2.08. The van der Waals surface area contributed by atoms with E-state index in [1.807, 2.05) is 0 Å². The molecule has 1 aromatic heterocycles. The number of pyridine rings is 1. The van der Waals surface area contributed by atoms with Crippen molar-refractivity contribution < 1.29 is 17.9 Å². The number of methoxy groups -OCH3 is 1. The molecule has 0 saturated heterocycles. The summed E-state index contributed by atoms with van der Waals surface area (Å²) in [6.45, 7) is 0. The molecule has 0 fully saturated rings. The monoisotopic (exact) mass is 303 g/mol. The number of ether oxygens (including phenoxy) is 1. The van der Waals surface area contributed by atoms with Crippen LogP contribution in [0, 0.1) is 3.57 Å². The van der Waals surface area contributed by atoms with Gasteiger partial charge in [-0.25, -0.2) is 4.98 Å². The zero-order chi connectivity index (χ0) is 10.1. The van der Waals surface area contributed by atoms with Crippen LogP contribution in [0.5, 0.6) is 5.88 Å². The second-order valence-corrected chi connectivity index (χ2v) is 3.37. The maximum Gasteiger partial charge on any atom is 0.417 e. The van der Waals surface area contributed by atoms with E-state index in [-0.39, 0.29) is 9.45 Å². The highest BCUT2D eigenvalue weighted by atomic mass is 127. The van der Waals surface area contributed by atoms with Crippen molar-refractivity contribution in [3.8, 4) is 5.88 Å². The molecule has 0 saturated carbocycles. The Morgan fingerprint density at radius 2 is 2.08 bits per heavy atom. The smallest absolute Gasteiger partial charge is 0.417 e. The van der Waals surface area contributed by atoms with Gasteiger partial charge in [-0.2, -0.15) is 13.2 Å². The SMILES string of the molecule is COc1cc(C(F)(F)F)c(I)cn1. The summed E-state index contributed by atoms with van der Waals surface area (Å²) in [6.07, 6.45) is -3.23. The molecule has 13 heavy (non-hydrogen) atoms. The molecule has 72 valence electrons. The van der Waals surface area contributed by atoms with Crippen molar-refractivity contribution in [1.82, 2.24) is 4.98 Å². The van der Waals surface area contributed by atoms with Gasteiger partial charge in [-0.3, -0.25) is 0 Å². The van der Waals surface area contributed by atoms with Crippen molar-refractivity contribution in [2.75, 3.05) is 7.11 Å². The molecule has 0 unspecified atom stereocenters. The minimum absolute atomic E-state index is 0.0345. The fourth-order valence-electron chi connectivity index (χ4n) is 0.748. The molecule has 1 rings (SSSR count). The number of halogens is 4. The molecule has 1 heterocycles. The second kappa shape index (κ2) is 3.69. The molecular weight excluding hydrogens is 298 g/mol. The van der Waals surface area contributed by atoms with Crippen LogP contribution in [0.2, 0.25) is 0 Å². The topological polar surface area (TPSA) is 22.1 Å². The first-order valence-corrected chi connectivity index (χ1v) is 4.29. The molecule has 6 heteroatoms. The molecule has 0 radical (unpaired) electrons. The lowest BCUT2D eigenvalue weighted by molar-refractivity contribution is -0.138. The molecule has 0 spiro atoms. The van der Waals surface area contributed by atoms with E-state index in [0.717, 1.165) is 12.3 Å². The number of alkyl halides is 3. The largest absolute Gasteiger partial charge is 0.481 e. The van der Waals surface area contributed by atoms with E-state index >= 15 is 0 Å². The van der Waals surface area contributed by atoms with Gasteiger partial charge in [0.1, 0.15) is 0 Å². The van der Waals surface area contributed by atoms with Crippen LogP contribution in [-0.4, -0.2) is 12.1 Å². The highest BCUT2D eigenvalue weighted by Crippen LogP contribution is 2.33. The van der Waals surface area contributed by atoms with Crippen molar-refractivity contribution in [3.05, 3.63) is 21.4 Å². The van der Waals surface area contributed by atoms with Gasteiger partial charge >= 0.3 is 6.18 Å². The van der Waals surface area contributed by atoms with E-state index < -0.39 is 11.7 Å². The number of nitrogens with zero attached hydrogens (tertiary/aromatic N) is 1. The average molecular weight is 303 g/mol. The Hall–Kier alpha value is -0.530. The van der Waals surface area contributed by atoms with E-state index in [0.29, 0.717) is 0 Å². The highest BCUT2D eigenvalue weighted by Gasteiger charge is 2.33. The number of hydrogen-bond acceptors (Lipinski definition) is 2. The summed E-state index contributed by atoms with van der Waals surface area (Å²) in [5.74, 6) is -0.0345. The van der Waals surface area contributed by atoms with Gasteiger partial charge < -0.3 is 4.74 Å². The minimum atomic E-state index is -4.35. The Balaban J connectivity index is 3.19. The molecule has 0 amide bonds. The first-order valence-electron chi connectivity index (χ1n) is 3.22. The maximum atomic E-state index is 12.3. The van der Waals surface area contributed by atoms with Crippen molar-refractivity contribution >= 4 is 22.6 Å². The molecule has 2 nitrogen and oxygen atoms in total. The van der Waals surface area contributed by atoms with Crippen LogP contribution in [0.4, 0.5) is 13.2 Å². The summed E-state index contributed by atoms with van der Waals surface area (Å²) in [7, 11) is 1.27. The van der Waals surface area contributed by atoms with Crippen LogP contribution >= 0.6 is 22.6 Å². The Bertz CT molecular complexity index is 313. The molecule has 0 aliphatic rings. The van der Waals surface area contributed by atoms with Crippen molar-refractivity contribution in [3.63, 3.8) is 0 Å². The molecule has 0 aromatic carbocycles. The van der Waals surface area contributed by atoms with E-state index in [1.165, 1.54) is 7.11 Å². The summed E-state index contributed by atoms with van der Waals surface area (Å²) in [4.78, 5) is 3.64. The van der Waals surface area contributed by atoms with Gasteiger partial charge in [-0.05, 0) is 22.6 Å². The molecule has 0 aliphatic heterocycles. The minimum Gasteiger partial charge on any atom is -0.481 e. The summed E-state index contributed by atoms with van der Waals surface area (Å²) in [5, 5.41) is 0. The summed E-state index contributed by atoms with van der Waals surface area (Å²) in [5.41, 5.74) is -0.722. The van der Waals surface area contributed by atoms with Crippen LogP contribution in [0.3, 0.4) is 0 Å². The Morgan fingerprint density at radius 3 is 2.54 bits per heavy atom. The summed E-state index contributed by atoms with van der Waals surface area (Å²) < 4.78 is 41.5. The summed E-state index contributed by atoms with van der Waals surface area (Å²) >= 11 is 1.58. The zero-order valence-electron chi connectivity index (χ0n) is 6.52. The Labute approximate surface area is 86.3 Å². The van der Waals surface area contributed by atoms with Crippen molar-refractivity contribution in [2.24, 2.45) is 0 Å². The van der Waals surface area contributed by atoms with E-state index in [2.05, 4.69) is 9.72 Å². The van der Waals surface area contributed by atoms with Gasteiger partial charge in [0.2, 0.25) is 5.88 Å². The first kappa shape index (κ1) is 10.6. The lowest BCUT2D eigenvalue weighted by atomic mass is 10.2. The Kier molecular flexibility index (Phi) is 2.99. The van der Waals surface area contributed by atoms with E-state index in [4.69, 9.17) is 0 Å². The van der Waals surface area contributed by atoms with Crippen LogP contribution < -0.4 is 4.74 Å². The van der Waals surface area contributed by atoms with Crippen molar-refractivity contribution in [2.45, 2.75) is 6.18 Å². The average Bonchev–Trinajstić information content (AvgIpc) is 2.03. The first-order chi connectivity index (χ1) is 5.95. The standard InChI is InChI=1S/C7H5F3INO/c1-13-6-2-4(7(8,9)10)5(11)3-12-6/h2-3H,1H3. The Morgan fingerprint density at radius 1 is 1.46 bits per heavy atom. The van der Waals surface area contributed by atoms with Gasteiger partial charge in [-0.15, -0.1) is 0 Å². The van der Waals surface area contributed by atoms with Crippen LogP contribution in [0.15, 0.2) is 12.3 Å². The van der Waals surface area contributed by atoms with Crippen LogP contribution in [0.25, 0.3) is 0 Å². The fourth-order valence-corrected chi connectivity index (χ4v) is 1.35. The highest BCUT2D eigenvalue weighted by molar-refractivity contribution is 14.1. The third-order valence-corrected chi connectivity index (χ3v) is 2.20. The van der Waals surface area contributed by atoms with Gasteiger partial charge in [-0.1, -0.05) is 0 Å². The lowest BCUT2D eigenvalue weighted by Gasteiger charge is -2.09. The molecule has 0 atom stereocenters. The molecular formula is C7H5F3INO. The number of aromatic nitrogens is 1. The fraction of sp³-hybridized carbons (Fsp3) is 0.286. The van der Waals surface area contributed by atoms with Crippen LogP contribution in [-0.2, 0) is 6.18 Å².